The van der Waals surface area contributed by atoms with Crippen LogP contribution in [-0.4, -0.2) is 34.8 Å². The van der Waals surface area contributed by atoms with Crippen molar-refractivity contribution in [3.8, 4) is 0 Å². The number of aryl methyl sites for hydroxylation is 3. The highest BCUT2D eigenvalue weighted by atomic mass is 16.5. The fourth-order valence-electron chi connectivity index (χ4n) is 4.14. The van der Waals surface area contributed by atoms with Crippen LogP contribution in [0.25, 0.3) is 0 Å². The number of ketones is 1. The molecule has 5 nitrogen and oxygen atoms in total. The van der Waals surface area contributed by atoms with Gasteiger partial charge in [0.1, 0.15) is 5.78 Å². The summed E-state index contributed by atoms with van der Waals surface area (Å²) in [7, 11) is 0. The summed E-state index contributed by atoms with van der Waals surface area (Å²) >= 11 is 0. The Morgan fingerprint density at radius 1 is 0.935 bits per heavy atom. The van der Waals surface area contributed by atoms with Crippen LogP contribution in [0.2, 0.25) is 0 Å². The van der Waals surface area contributed by atoms with Gasteiger partial charge < -0.3 is 9.42 Å². The van der Waals surface area contributed by atoms with Gasteiger partial charge in [-0.3, -0.25) is 9.59 Å². The molecule has 0 saturated carbocycles. The zero-order valence-electron chi connectivity index (χ0n) is 17.7. The largest absolute Gasteiger partial charge is 0.351 e. The Labute approximate surface area is 183 Å². The molecular formula is C26H28N2O3. The van der Waals surface area contributed by atoms with Crippen molar-refractivity contribution in [2.24, 2.45) is 5.92 Å². The number of hydrogen-bond donors (Lipinski definition) is 0. The zero-order chi connectivity index (χ0) is 21.5. The van der Waals surface area contributed by atoms with Gasteiger partial charge >= 0.3 is 0 Å². The molecular weight excluding hydrogens is 388 g/mol. The third-order valence-electron chi connectivity index (χ3n) is 5.95. The molecule has 1 aromatic heterocycles. The average molecular weight is 417 g/mol. The average Bonchev–Trinajstić information content (AvgIpc) is 3.31. The number of hydrogen-bond acceptors (Lipinski definition) is 4. The summed E-state index contributed by atoms with van der Waals surface area (Å²) in [5.41, 5.74) is 3.18. The molecule has 3 aromatic rings. The minimum atomic E-state index is -0.168. The Hall–Kier alpha value is -3.21. The lowest BCUT2D eigenvalue weighted by Gasteiger charge is -2.31. The van der Waals surface area contributed by atoms with Crippen LogP contribution in [0, 0.1) is 5.92 Å². The van der Waals surface area contributed by atoms with Crippen molar-refractivity contribution in [3.63, 3.8) is 0 Å². The van der Waals surface area contributed by atoms with Crippen molar-refractivity contribution >= 4 is 11.7 Å². The summed E-state index contributed by atoms with van der Waals surface area (Å²) in [6.45, 7) is 1.12. The van der Waals surface area contributed by atoms with Gasteiger partial charge in [-0.25, -0.2) is 0 Å². The van der Waals surface area contributed by atoms with Gasteiger partial charge in [-0.1, -0.05) is 65.8 Å². The molecule has 2 aromatic carbocycles. The maximum atomic E-state index is 12.9. The molecule has 0 N–H and O–H groups in total. The number of rotatable bonds is 8. The Morgan fingerprint density at radius 2 is 1.61 bits per heavy atom. The maximum absolute atomic E-state index is 12.9. The van der Waals surface area contributed by atoms with Gasteiger partial charge in [0.2, 0.25) is 5.76 Å². The Bertz CT molecular complexity index is 998. The summed E-state index contributed by atoms with van der Waals surface area (Å²) in [5.74, 6) is 0.240. The summed E-state index contributed by atoms with van der Waals surface area (Å²) in [6, 6.07) is 22.0. The number of carbonyl (C=O) groups is 2. The summed E-state index contributed by atoms with van der Waals surface area (Å²) in [4.78, 5) is 27.4. The SMILES string of the molecule is O=C(CCc1ccccc1)C1CCCN(C(=O)c2cc(CCc3ccccc3)no2)C1. The van der Waals surface area contributed by atoms with Crippen molar-refractivity contribution in [3.05, 3.63) is 89.3 Å². The van der Waals surface area contributed by atoms with Crippen LogP contribution in [0.4, 0.5) is 0 Å². The predicted octanol–water partition coefficient (Wildman–Crippen LogP) is 4.51. The topological polar surface area (TPSA) is 63.4 Å². The third-order valence-corrected chi connectivity index (χ3v) is 5.95. The van der Waals surface area contributed by atoms with Crippen molar-refractivity contribution in [2.75, 3.05) is 13.1 Å². The Kier molecular flexibility index (Phi) is 6.92. The molecule has 1 unspecified atom stereocenters. The first-order valence-corrected chi connectivity index (χ1v) is 11.0. The van der Waals surface area contributed by atoms with E-state index in [1.165, 1.54) is 11.1 Å². The van der Waals surface area contributed by atoms with Gasteiger partial charge in [0.05, 0.1) is 5.69 Å². The Balaban J connectivity index is 1.30. The van der Waals surface area contributed by atoms with Crippen molar-refractivity contribution in [2.45, 2.75) is 38.5 Å². The van der Waals surface area contributed by atoms with Crippen LogP contribution < -0.4 is 0 Å². The molecule has 5 heteroatoms. The quantitative estimate of drug-likeness (QED) is 0.542. The fourth-order valence-corrected chi connectivity index (χ4v) is 4.14. The molecule has 160 valence electrons. The smallest absolute Gasteiger partial charge is 0.292 e. The third kappa shape index (κ3) is 5.69. The first-order chi connectivity index (χ1) is 15.2. The first kappa shape index (κ1) is 21.0. The zero-order valence-corrected chi connectivity index (χ0v) is 17.7. The maximum Gasteiger partial charge on any atom is 0.292 e. The number of amides is 1. The van der Waals surface area contributed by atoms with Gasteiger partial charge in [-0.2, -0.15) is 0 Å². The molecule has 1 atom stereocenters. The monoisotopic (exact) mass is 416 g/mol. The second-order valence-corrected chi connectivity index (χ2v) is 8.21. The first-order valence-electron chi connectivity index (χ1n) is 11.0. The molecule has 1 amide bonds. The Morgan fingerprint density at radius 3 is 2.32 bits per heavy atom. The standard InChI is InChI=1S/C26H28N2O3/c29-24(16-14-21-10-5-2-6-11-21)22-12-7-17-28(19-22)26(30)25-18-23(27-31-25)15-13-20-8-3-1-4-9-20/h1-6,8-11,18,22H,7,12-17,19H2. The highest BCUT2D eigenvalue weighted by Crippen LogP contribution is 2.22. The fraction of sp³-hybridized carbons (Fsp3) is 0.346. The minimum Gasteiger partial charge on any atom is -0.351 e. The molecule has 2 heterocycles. The van der Waals surface area contributed by atoms with E-state index >= 15 is 0 Å². The normalized spacial score (nSPS) is 16.3. The van der Waals surface area contributed by atoms with E-state index in [1.807, 2.05) is 48.5 Å². The highest BCUT2D eigenvalue weighted by molar-refractivity contribution is 5.92. The number of aromatic nitrogens is 1. The van der Waals surface area contributed by atoms with E-state index in [1.54, 1.807) is 11.0 Å². The van der Waals surface area contributed by atoms with E-state index in [0.717, 1.165) is 37.8 Å². The van der Waals surface area contributed by atoms with Crippen LogP contribution >= 0.6 is 0 Å². The van der Waals surface area contributed by atoms with Crippen LogP contribution in [0.3, 0.4) is 0 Å². The van der Waals surface area contributed by atoms with Crippen molar-refractivity contribution in [1.82, 2.24) is 10.1 Å². The van der Waals surface area contributed by atoms with Crippen LogP contribution in [0.5, 0.6) is 0 Å². The highest BCUT2D eigenvalue weighted by Gasteiger charge is 2.30. The van der Waals surface area contributed by atoms with E-state index in [0.29, 0.717) is 19.5 Å². The molecule has 0 bridgehead atoms. The summed E-state index contributed by atoms with van der Waals surface area (Å²) in [6.07, 6.45) is 4.52. The van der Waals surface area contributed by atoms with Crippen molar-refractivity contribution in [1.29, 1.82) is 0 Å². The van der Waals surface area contributed by atoms with Crippen LogP contribution in [-0.2, 0) is 24.1 Å². The number of carbonyl (C=O) groups excluding carboxylic acids is 2. The second-order valence-electron chi connectivity index (χ2n) is 8.21. The van der Waals surface area contributed by atoms with E-state index in [4.69, 9.17) is 4.52 Å². The lowest BCUT2D eigenvalue weighted by atomic mass is 9.90. The lowest BCUT2D eigenvalue weighted by molar-refractivity contribution is -0.124. The molecule has 1 aliphatic rings. The van der Waals surface area contributed by atoms with Gasteiger partial charge in [-0.05, 0) is 43.2 Å². The number of piperidine rings is 1. The van der Waals surface area contributed by atoms with Gasteiger partial charge in [0.25, 0.3) is 5.91 Å². The minimum absolute atomic E-state index is 0.0955. The second kappa shape index (κ2) is 10.2. The van der Waals surface area contributed by atoms with Gasteiger partial charge in [0, 0.05) is 31.5 Å². The lowest BCUT2D eigenvalue weighted by Crippen LogP contribution is -2.42. The molecule has 0 aliphatic carbocycles. The molecule has 4 rings (SSSR count). The summed E-state index contributed by atoms with van der Waals surface area (Å²) < 4.78 is 5.34. The summed E-state index contributed by atoms with van der Waals surface area (Å²) in [5, 5.41) is 4.07. The van der Waals surface area contributed by atoms with Gasteiger partial charge in [0.15, 0.2) is 0 Å². The van der Waals surface area contributed by atoms with E-state index in [9.17, 15) is 9.59 Å². The number of likely N-dealkylation sites (tertiary alicyclic amines) is 1. The van der Waals surface area contributed by atoms with E-state index in [2.05, 4.69) is 17.3 Å². The van der Waals surface area contributed by atoms with E-state index in [-0.39, 0.29) is 23.4 Å². The molecule has 1 fully saturated rings. The van der Waals surface area contributed by atoms with Crippen LogP contribution in [0.15, 0.2) is 71.3 Å². The van der Waals surface area contributed by atoms with Crippen molar-refractivity contribution < 1.29 is 14.1 Å². The molecule has 0 radical (unpaired) electrons. The van der Waals surface area contributed by atoms with E-state index < -0.39 is 0 Å². The molecule has 1 saturated heterocycles. The number of benzene rings is 2. The molecule has 31 heavy (non-hydrogen) atoms. The predicted molar refractivity (Wildman–Crippen MR) is 119 cm³/mol. The number of Topliss-reactive ketones (excluding diaryl/α,β-unsaturated/α-hetero) is 1. The molecule has 1 aliphatic heterocycles. The van der Waals surface area contributed by atoms with Gasteiger partial charge in [-0.15, -0.1) is 0 Å². The molecule has 0 spiro atoms. The number of nitrogens with zero attached hydrogens (tertiary/aromatic N) is 2. The van der Waals surface area contributed by atoms with Crippen LogP contribution in [0.1, 0.15) is 46.6 Å².